The minimum atomic E-state index is -0.509. The lowest BCUT2D eigenvalue weighted by molar-refractivity contribution is 0.0695. The molecule has 0 N–H and O–H groups in total. The number of aryl methyl sites for hydroxylation is 2. The molecule has 0 spiro atoms. The second-order valence-corrected chi connectivity index (χ2v) is 5.45. The van der Waals surface area contributed by atoms with Gasteiger partial charge in [-0.3, -0.25) is 0 Å². The third-order valence-electron chi connectivity index (χ3n) is 3.78. The summed E-state index contributed by atoms with van der Waals surface area (Å²) < 4.78 is 16.5. The van der Waals surface area contributed by atoms with E-state index >= 15 is 0 Å². The van der Waals surface area contributed by atoms with E-state index in [9.17, 15) is 4.79 Å². The zero-order chi connectivity index (χ0) is 16.4. The quantitative estimate of drug-likeness (QED) is 0.529. The summed E-state index contributed by atoms with van der Waals surface area (Å²) >= 11 is 0. The van der Waals surface area contributed by atoms with Crippen LogP contribution in [0.15, 0.2) is 46.9 Å². The number of fused-ring (bicyclic) bond motifs is 1. The molecule has 0 fully saturated rings. The van der Waals surface area contributed by atoms with Crippen LogP contribution >= 0.6 is 0 Å². The molecule has 1 heterocycles. The number of ether oxygens (including phenoxy) is 2. The van der Waals surface area contributed by atoms with Crippen LogP contribution in [0.2, 0.25) is 0 Å². The molecule has 0 unspecified atom stereocenters. The van der Waals surface area contributed by atoms with Gasteiger partial charge in [0.05, 0.1) is 6.61 Å². The lowest BCUT2D eigenvalue weighted by Crippen LogP contribution is -2.11. The van der Waals surface area contributed by atoms with Crippen LogP contribution in [-0.2, 0) is 11.3 Å². The van der Waals surface area contributed by atoms with Gasteiger partial charge in [-0.1, -0.05) is 36.4 Å². The summed E-state index contributed by atoms with van der Waals surface area (Å²) in [4.78, 5) is 12.6. The fourth-order valence-corrected chi connectivity index (χ4v) is 2.65. The van der Waals surface area contributed by atoms with Gasteiger partial charge in [0, 0.05) is 18.1 Å². The summed E-state index contributed by atoms with van der Waals surface area (Å²) in [7, 11) is 1.59. The van der Waals surface area contributed by atoms with E-state index in [4.69, 9.17) is 13.9 Å². The van der Waals surface area contributed by atoms with E-state index in [0.29, 0.717) is 16.9 Å². The van der Waals surface area contributed by atoms with Crippen molar-refractivity contribution >= 4 is 16.9 Å². The number of hydrogen-bond acceptors (Lipinski definition) is 4. The first-order valence-corrected chi connectivity index (χ1v) is 7.39. The van der Waals surface area contributed by atoms with Crippen LogP contribution in [0.3, 0.4) is 0 Å². The van der Waals surface area contributed by atoms with Gasteiger partial charge in [0.1, 0.15) is 11.3 Å². The molecule has 0 radical (unpaired) electrons. The third kappa shape index (κ3) is 2.85. The van der Waals surface area contributed by atoms with Crippen LogP contribution in [0.1, 0.15) is 27.2 Å². The summed E-state index contributed by atoms with van der Waals surface area (Å²) in [6.45, 7) is 4.10. The Kier molecular flexibility index (Phi) is 4.17. The molecule has 4 nitrogen and oxygen atoms in total. The minimum Gasteiger partial charge on any atom is -0.449 e. The molecule has 3 rings (SSSR count). The molecule has 0 bridgehead atoms. The van der Waals surface area contributed by atoms with Crippen molar-refractivity contribution in [2.45, 2.75) is 20.5 Å². The maximum Gasteiger partial charge on any atom is 0.380 e. The lowest BCUT2D eigenvalue weighted by atomic mass is 10.1. The minimum absolute atomic E-state index is 0.190. The van der Waals surface area contributed by atoms with Crippen molar-refractivity contribution < 1.29 is 18.7 Å². The van der Waals surface area contributed by atoms with Gasteiger partial charge in [-0.25, -0.2) is 4.79 Å². The van der Waals surface area contributed by atoms with Crippen molar-refractivity contribution in [3.05, 3.63) is 64.9 Å². The molecule has 0 amide bonds. The van der Waals surface area contributed by atoms with Gasteiger partial charge >= 0.3 is 5.97 Å². The number of para-hydroxylation sites is 2. The molecule has 1 aromatic heterocycles. The highest BCUT2D eigenvalue weighted by molar-refractivity contribution is 5.97. The Bertz CT molecular complexity index is 841. The molecule has 0 saturated heterocycles. The molecule has 118 valence electrons. The van der Waals surface area contributed by atoms with Gasteiger partial charge in [-0.15, -0.1) is 0 Å². The van der Waals surface area contributed by atoms with Gasteiger partial charge in [0.2, 0.25) is 5.76 Å². The number of carbonyl (C=O) groups excluding carboxylic acids is 1. The van der Waals surface area contributed by atoms with E-state index in [-0.39, 0.29) is 12.4 Å². The average Bonchev–Trinajstić information content (AvgIpc) is 2.90. The van der Waals surface area contributed by atoms with Crippen molar-refractivity contribution in [1.29, 1.82) is 0 Å². The highest BCUT2D eigenvalue weighted by Gasteiger charge is 2.23. The number of methoxy groups -OCH3 is 1. The molecule has 23 heavy (non-hydrogen) atoms. The number of carbonyl (C=O) groups is 1. The SMILES string of the molecule is COCc1c(C(=O)Oc2c(C)cccc2C)oc2ccccc12. The molecule has 0 aliphatic heterocycles. The Morgan fingerprint density at radius 1 is 1.04 bits per heavy atom. The predicted octanol–water partition coefficient (Wildman–Crippen LogP) is 4.42. The zero-order valence-corrected chi connectivity index (χ0v) is 13.4. The van der Waals surface area contributed by atoms with E-state index in [0.717, 1.165) is 16.5 Å². The topological polar surface area (TPSA) is 48.7 Å². The average molecular weight is 310 g/mol. The summed E-state index contributed by atoms with van der Waals surface area (Å²) in [5, 5.41) is 0.864. The fraction of sp³-hybridized carbons (Fsp3) is 0.211. The lowest BCUT2D eigenvalue weighted by Gasteiger charge is -2.09. The van der Waals surface area contributed by atoms with Crippen LogP contribution < -0.4 is 4.74 Å². The van der Waals surface area contributed by atoms with Crippen LogP contribution in [0.25, 0.3) is 11.0 Å². The van der Waals surface area contributed by atoms with Crippen molar-refractivity contribution in [1.82, 2.24) is 0 Å². The monoisotopic (exact) mass is 310 g/mol. The molecule has 4 heteroatoms. The predicted molar refractivity (Wildman–Crippen MR) is 87.8 cm³/mol. The third-order valence-corrected chi connectivity index (χ3v) is 3.78. The van der Waals surface area contributed by atoms with Gasteiger partial charge in [-0.05, 0) is 31.0 Å². The Hall–Kier alpha value is -2.59. The normalized spacial score (nSPS) is 10.9. The first kappa shape index (κ1) is 15.3. The first-order chi connectivity index (χ1) is 11.1. The molecular weight excluding hydrogens is 292 g/mol. The summed E-state index contributed by atoms with van der Waals surface area (Å²) in [6, 6.07) is 13.2. The Labute approximate surface area is 134 Å². The molecule has 3 aromatic rings. The van der Waals surface area contributed by atoms with Crippen LogP contribution in [0.4, 0.5) is 0 Å². The van der Waals surface area contributed by atoms with Gasteiger partial charge in [0.25, 0.3) is 0 Å². The second-order valence-electron chi connectivity index (χ2n) is 5.45. The second kappa shape index (κ2) is 6.26. The van der Waals surface area contributed by atoms with Gasteiger partial charge < -0.3 is 13.9 Å². The molecule has 0 atom stereocenters. The van der Waals surface area contributed by atoms with Crippen molar-refractivity contribution in [2.24, 2.45) is 0 Å². The Morgan fingerprint density at radius 3 is 2.43 bits per heavy atom. The maximum atomic E-state index is 12.6. The summed E-state index contributed by atoms with van der Waals surface area (Å²) in [5.41, 5.74) is 3.16. The molecule has 0 saturated carbocycles. The van der Waals surface area contributed by atoms with E-state index in [2.05, 4.69) is 0 Å². The standard InChI is InChI=1S/C19H18O4/c1-12-7-6-8-13(2)17(12)23-19(20)18-15(11-21-3)14-9-4-5-10-16(14)22-18/h4-10H,11H2,1-3H3. The molecule has 2 aromatic carbocycles. The number of benzene rings is 2. The number of hydrogen-bond donors (Lipinski definition) is 0. The highest BCUT2D eigenvalue weighted by Crippen LogP contribution is 2.29. The molecular formula is C19H18O4. The number of esters is 1. The largest absolute Gasteiger partial charge is 0.449 e. The van der Waals surface area contributed by atoms with Gasteiger partial charge in [0.15, 0.2) is 0 Å². The van der Waals surface area contributed by atoms with Crippen LogP contribution in [0, 0.1) is 13.8 Å². The molecule has 0 aliphatic rings. The van der Waals surface area contributed by atoms with E-state index in [1.165, 1.54) is 0 Å². The van der Waals surface area contributed by atoms with Gasteiger partial charge in [-0.2, -0.15) is 0 Å². The van der Waals surface area contributed by atoms with Crippen LogP contribution in [0.5, 0.6) is 5.75 Å². The molecule has 0 aliphatic carbocycles. The van der Waals surface area contributed by atoms with E-state index in [1.807, 2.05) is 56.3 Å². The fourth-order valence-electron chi connectivity index (χ4n) is 2.65. The smallest absolute Gasteiger partial charge is 0.380 e. The summed E-state index contributed by atoms with van der Waals surface area (Å²) in [6.07, 6.45) is 0. The van der Waals surface area contributed by atoms with E-state index < -0.39 is 5.97 Å². The number of furan rings is 1. The summed E-state index contributed by atoms with van der Waals surface area (Å²) in [5.74, 6) is 0.252. The first-order valence-electron chi connectivity index (χ1n) is 7.39. The van der Waals surface area contributed by atoms with Crippen molar-refractivity contribution in [2.75, 3.05) is 7.11 Å². The number of rotatable bonds is 4. The highest BCUT2D eigenvalue weighted by atomic mass is 16.5. The van der Waals surface area contributed by atoms with E-state index in [1.54, 1.807) is 7.11 Å². The zero-order valence-electron chi connectivity index (χ0n) is 13.4. The Morgan fingerprint density at radius 2 is 1.74 bits per heavy atom. The van der Waals surface area contributed by atoms with Crippen molar-refractivity contribution in [3.63, 3.8) is 0 Å². The van der Waals surface area contributed by atoms with Crippen LogP contribution in [-0.4, -0.2) is 13.1 Å². The Balaban J connectivity index is 2.02. The maximum absolute atomic E-state index is 12.6. The van der Waals surface area contributed by atoms with Crippen molar-refractivity contribution in [3.8, 4) is 5.75 Å².